The maximum absolute atomic E-state index is 12.4. The smallest absolute Gasteiger partial charge is 0.374 e. The topological polar surface area (TPSA) is 98.3 Å². The summed E-state index contributed by atoms with van der Waals surface area (Å²) in [6.45, 7) is 1.69. The summed E-state index contributed by atoms with van der Waals surface area (Å²) in [6, 6.07) is 11.0. The molecule has 124 valence electrons. The zero-order valence-electron chi connectivity index (χ0n) is 12.9. The Labute approximate surface area is 138 Å². The Morgan fingerprint density at radius 2 is 1.92 bits per heavy atom. The first-order valence-electron chi connectivity index (χ1n) is 6.99. The number of aromatic nitrogens is 2. The molecule has 0 amide bonds. The molecule has 0 bridgehead atoms. The first-order valence-corrected chi connectivity index (χ1v) is 8.40. The molecule has 2 aromatic carbocycles. The second kappa shape index (κ2) is 5.97. The maximum Gasteiger partial charge on any atom is 0.374 e. The number of imidazole rings is 1. The number of carbonyl (C=O) groups excluding carboxylic acids is 1. The molecule has 1 aromatic heterocycles. The van der Waals surface area contributed by atoms with Crippen molar-refractivity contribution < 1.29 is 22.1 Å². The van der Waals surface area contributed by atoms with E-state index in [1.165, 1.54) is 25.3 Å². The molecule has 1 N–H and O–H groups in total. The Bertz CT molecular complexity index is 1020. The number of methoxy groups -OCH3 is 1. The second-order valence-corrected chi connectivity index (χ2v) is 6.57. The van der Waals surface area contributed by atoms with Gasteiger partial charge in [-0.1, -0.05) is 18.2 Å². The van der Waals surface area contributed by atoms with E-state index in [1.807, 2.05) is 0 Å². The molecule has 0 aliphatic rings. The summed E-state index contributed by atoms with van der Waals surface area (Å²) < 4.78 is 34.6. The van der Waals surface area contributed by atoms with E-state index in [4.69, 9.17) is 4.18 Å². The standard InChI is InChI=1S/C16H14N2O5S/c1-10-5-3-4-6-14(10)24(20,21)23-11-7-8-12-13(9-11)18-15(17-12)16(19)22-2/h3-9H,1-2H3,(H,17,18). The van der Waals surface area contributed by atoms with Crippen LogP contribution in [-0.4, -0.2) is 31.5 Å². The Hall–Kier alpha value is -2.87. The highest BCUT2D eigenvalue weighted by molar-refractivity contribution is 7.87. The zero-order chi connectivity index (χ0) is 17.3. The first-order chi connectivity index (χ1) is 11.4. The van der Waals surface area contributed by atoms with Gasteiger partial charge in [-0.25, -0.2) is 9.78 Å². The zero-order valence-corrected chi connectivity index (χ0v) is 13.8. The largest absolute Gasteiger partial charge is 0.463 e. The average Bonchev–Trinajstić information content (AvgIpc) is 2.97. The quantitative estimate of drug-likeness (QED) is 0.575. The fraction of sp³-hybridized carbons (Fsp3) is 0.125. The predicted molar refractivity (Wildman–Crippen MR) is 86.4 cm³/mol. The minimum absolute atomic E-state index is 0.0337. The molecule has 0 unspecified atom stereocenters. The number of fused-ring (bicyclic) bond motifs is 1. The van der Waals surface area contributed by atoms with Crippen molar-refractivity contribution in [2.75, 3.05) is 7.11 Å². The SMILES string of the molecule is COC(=O)c1nc2ccc(OS(=O)(=O)c3ccccc3C)cc2[nH]1. The van der Waals surface area contributed by atoms with Crippen LogP contribution in [0.25, 0.3) is 11.0 Å². The molecule has 0 saturated heterocycles. The van der Waals surface area contributed by atoms with Crippen LogP contribution in [0.2, 0.25) is 0 Å². The summed E-state index contributed by atoms with van der Waals surface area (Å²) in [5.74, 6) is -0.460. The van der Waals surface area contributed by atoms with Gasteiger partial charge in [-0.2, -0.15) is 8.42 Å². The molecule has 3 rings (SSSR count). The molecule has 1 heterocycles. The van der Waals surface area contributed by atoms with Crippen LogP contribution in [0.3, 0.4) is 0 Å². The second-order valence-electron chi connectivity index (χ2n) is 5.06. The molecule has 0 radical (unpaired) electrons. The van der Waals surface area contributed by atoms with Crippen LogP contribution in [0.5, 0.6) is 5.75 Å². The molecule has 24 heavy (non-hydrogen) atoms. The van der Waals surface area contributed by atoms with Gasteiger partial charge in [0.15, 0.2) is 0 Å². The van der Waals surface area contributed by atoms with E-state index < -0.39 is 16.1 Å². The number of ether oxygens (including phenoxy) is 1. The summed E-state index contributed by atoms with van der Waals surface area (Å²) in [5.41, 5.74) is 1.55. The Kier molecular flexibility index (Phi) is 3.98. The van der Waals surface area contributed by atoms with Crippen molar-refractivity contribution in [3.05, 3.63) is 53.9 Å². The molecule has 0 saturated carbocycles. The Balaban J connectivity index is 1.95. The highest BCUT2D eigenvalue weighted by atomic mass is 32.2. The number of nitrogens with one attached hydrogen (secondary N) is 1. The van der Waals surface area contributed by atoms with E-state index in [9.17, 15) is 13.2 Å². The van der Waals surface area contributed by atoms with Crippen molar-refractivity contribution in [1.82, 2.24) is 9.97 Å². The van der Waals surface area contributed by atoms with E-state index in [2.05, 4.69) is 14.7 Å². The predicted octanol–water partition coefficient (Wildman–Crippen LogP) is 2.43. The van der Waals surface area contributed by atoms with Crippen molar-refractivity contribution in [3.63, 3.8) is 0 Å². The third-order valence-corrected chi connectivity index (χ3v) is 4.81. The third-order valence-electron chi connectivity index (χ3n) is 3.40. The van der Waals surface area contributed by atoms with Crippen molar-refractivity contribution in [2.45, 2.75) is 11.8 Å². The van der Waals surface area contributed by atoms with Crippen LogP contribution in [0.4, 0.5) is 0 Å². The van der Waals surface area contributed by atoms with E-state index >= 15 is 0 Å². The maximum atomic E-state index is 12.4. The van der Waals surface area contributed by atoms with Crippen LogP contribution in [0.15, 0.2) is 47.4 Å². The van der Waals surface area contributed by atoms with Crippen molar-refractivity contribution in [3.8, 4) is 5.75 Å². The van der Waals surface area contributed by atoms with Crippen LogP contribution >= 0.6 is 0 Å². The highest BCUT2D eigenvalue weighted by Crippen LogP contribution is 2.24. The van der Waals surface area contributed by atoms with Gasteiger partial charge in [0.2, 0.25) is 5.82 Å². The number of nitrogens with zero attached hydrogens (tertiary/aromatic N) is 1. The van der Waals surface area contributed by atoms with Crippen LogP contribution in [0.1, 0.15) is 16.2 Å². The lowest BCUT2D eigenvalue weighted by Crippen LogP contribution is -2.11. The molecule has 3 aromatic rings. The van der Waals surface area contributed by atoms with Gasteiger partial charge in [0, 0.05) is 6.07 Å². The van der Waals surface area contributed by atoms with Gasteiger partial charge in [-0.15, -0.1) is 0 Å². The van der Waals surface area contributed by atoms with E-state index in [0.29, 0.717) is 16.6 Å². The van der Waals surface area contributed by atoms with Gasteiger partial charge in [0.1, 0.15) is 10.6 Å². The van der Waals surface area contributed by atoms with Crippen LogP contribution < -0.4 is 4.18 Å². The van der Waals surface area contributed by atoms with Crippen LogP contribution in [0, 0.1) is 6.92 Å². The Morgan fingerprint density at radius 3 is 2.62 bits per heavy atom. The van der Waals surface area contributed by atoms with Crippen molar-refractivity contribution in [1.29, 1.82) is 0 Å². The molecular formula is C16H14N2O5S. The van der Waals surface area contributed by atoms with E-state index in [-0.39, 0.29) is 16.5 Å². The van der Waals surface area contributed by atoms with Gasteiger partial charge >= 0.3 is 16.1 Å². The summed E-state index contributed by atoms with van der Waals surface area (Å²) in [4.78, 5) is 18.4. The summed E-state index contributed by atoms with van der Waals surface area (Å²) in [6.07, 6.45) is 0. The third kappa shape index (κ3) is 2.95. The van der Waals surface area contributed by atoms with Gasteiger partial charge in [0.25, 0.3) is 0 Å². The van der Waals surface area contributed by atoms with E-state index in [1.54, 1.807) is 31.2 Å². The van der Waals surface area contributed by atoms with E-state index in [0.717, 1.165) is 0 Å². The Morgan fingerprint density at radius 1 is 1.17 bits per heavy atom. The number of rotatable bonds is 4. The molecule has 0 aliphatic heterocycles. The number of benzene rings is 2. The summed E-state index contributed by atoms with van der Waals surface area (Å²) in [7, 11) is -2.70. The molecule has 0 aliphatic carbocycles. The lowest BCUT2D eigenvalue weighted by atomic mass is 10.2. The number of carbonyl (C=O) groups is 1. The van der Waals surface area contributed by atoms with Gasteiger partial charge in [-0.05, 0) is 30.7 Å². The van der Waals surface area contributed by atoms with Crippen molar-refractivity contribution >= 4 is 27.1 Å². The summed E-state index contributed by atoms with van der Waals surface area (Å²) >= 11 is 0. The van der Waals surface area contributed by atoms with Gasteiger partial charge in [-0.3, -0.25) is 0 Å². The number of aryl methyl sites for hydroxylation is 1. The highest BCUT2D eigenvalue weighted by Gasteiger charge is 2.19. The molecule has 0 atom stereocenters. The number of hydrogen-bond donors (Lipinski definition) is 1. The molecular weight excluding hydrogens is 332 g/mol. The summed E-state index contributed by atoms with van der Waals surface area (Å²) in [5, 5.41) is 0. The molecule has 0 spiro atoms. The number of aromatic amines is 1. The molecule has 0 fully saturated rings. The van der Waals surface area contributed by atoms with Gasteiger partial charge in [0.05, 0.1) is 18.1 Å². The fourth-order valence-corrected chi connectivity index (χ4v) is 3.40. The minimum Gasteiger partial charge on any atom is -0.463 e. The lowest BCUT2D eigenvalue weighted by molar-refractivity contribution is 0.0588. The fourth-order valence-electron chi connectivity index (χ4n) is 2.24. The van der Waals surface area contributed by atoms with Crippen LogP contribution in [-0.2, 0) is 14.9 Å². The molecule has 7 nitrogen and oxygen atoms in total. The van der Waals surface area contributed by atoms with Crippen molar-refractivity contribution in [2.24, 2.45) is 0 Å². The number of hydrogen-bond acceptors (Lipinski definition) is 6. The lowest BCUT2D eigenvalue weighted by Gasteiger charge is -2.08. The monoisotopic (exact) mass is 346 g/mol. The van der Waals surface area contributed by atoms with Gasteiger partial charge < -0.3 is 13.9 Å². The normalized spacial score (nSPS) is 11.4. The average molecular weight is 346 g/mol. The minimum atomic E-state index is -3.95. The first kappa shape index (κ1) is 16.0. The number of H-pyrrole nitrogens is 1. The number of esters is 1. The molecule has 8 heteroatoms.